The number of carboxylic acids is 1. The Kier molecular flexibility index (Phi) is 4.20. The molecular weight excluding hydrogens is 432 g/mol. The van der Waals surface area contributed by atoms with Crippen molar-refractivity contribution in [3.63, 3.8) is 0 Å². The molecule has 2 atom stereocenters. The molecule has 2 N–H and O–H groups in total. The maximum atomic E-state index is 13.3. The summed E-state index contributed by atoms with van der Waals surface area (Å²) >= 11 is 6.14. The number of aryl methyl sites for hydroxylation is 1. The average molecular weight is 453 g/mol. The van der Waals surface area contributed by atoms with Gasteiger partial charge in [-0.05, 0) is 43.6 Å². The van der Waals surface area contributed by atoms with Gasteiger partial charge in [-0.1, -0.05) is 11.6 Å². The first kappa shape index (κ1) is 19.5. The van der Waals surface area contributed by atoms with E-state index < -0.39 is 17.9 Å². The highest BCUT2D eigenvalue weighted by atomic mass is 35.5. The number of H-pyrrole nitrogens is 1. The average Bonchev–Trinajstić information content (AvgIpc) is 3.32. The van der Waals surface area contributed by atoms with E-state index in [0.717, 1.165) is 36.6 Å². The maximum Gasteiger partial charge on any atom is 0.330 e. The Morgan fingerprint density at radius 3 is 2.69 bits per heavy atom. The van der Waals surface area contributed by atoms with Gasteiger partial charge in [0.1, 0.15) is 11.2 Å². The van der Waals surface area contributed by atoms with Crippen molar-refractivity contribution in [3.05, 3.63) is 40.2 Å². The second-order valence-electron chi connectivity index (χ2n) is 8.90. The molecule has 4 aromatic rings. The molecule has 0 unspecified atom stereocenters. The second-order valence-corrected chi connectivity index (χ2v) is 9.33. The largest absolute Gasteiger partial charge is 0.481 e. The van der Waals surface area contributed by atoms with Crippen LogP contribution in [0.1, 0.15) is 31.7 Å². The number of imidazole rings is 1. The Bertz CT molecular complexity index is 1450. The number of aliphatic carboxylic acids is 1. The normalized spacial score (nSPS) is 25.1. The van der Waals surface area contributed by atoms with Crippen LogP contribution < -0.4 is 5.69 Å². The number of carboxylic acid groups (broad SMARTS) is 1. The number of halogens is 1. The first-order valence-electron chi connectivity index (χ1n) is 10.7. The fourth-order valence-corrected chi connectivity index (χ4v) is 5.99. The van der Waals surface area contributed by atoms with E-state index in [-0.39, 0.29) is 17.5 Å². The highest BCUT2D eigenvalue weighted by molar-refractivity contribution is 6.31. The van der Waals surface area contributed by atoms with Crippen LogP contribution in [0, 0.1) is 17.8 Å². The molecule has 3 saturated carbocycles. The quantitative estimate of drug-likeness (QED) is 0.491. The van der Waals surface area contributed by atoms with Crippen LogP contribution in [0.25, 0.3) is 33.6 Å². The lowest BCUT2D eigenvalue weighted by molar-refractivity contribution is -0.151. The molecule has 4 aromatic heterocycles. The molecule has 3 aliphatic rings. The van der Waals surface area contributed by atoms with Crippen LogP contribution >= 0.6 is 11.6 Å². The molecule has 10 heteroatoms. The minimum atomic E-state index is -0.833. The lowest BCUT2D eigenvalue weighted by atomic mass is 9.61. The molecule has 0 amide bonds. The summed E-state index contributed by atoms with van der Waals surface area (Å²) < 4.78 is 3.13. The molecule has 0 aliphatic heterocycles. The number of hydrogen-bond donors (Lipinski definition) is 2. The molecule has 3 aliphatic carbocycles. The summed E-state index contributed by atoms with van der Waals surface area (Å²) in [4.78, 5) is 42.2. The molecule has 9 nitrogen and oxygen atoms in total. The van der Waals surface area contributed by atoms with Gasteiger partial charge in [0, 0.05) is 30.4 Å². The molecule has 3 fully saturated rings. The predicted molar refractivity (Wildman–Crippen MR) is 118 cm³/mol. The number of pyridine rings is 1. The summed E-state index contributed by atoms with van der Waals surface area (Å²) in [5, 5.41) is 11.3. The standard InChI is InChI=1S/C22H21ClN6O3/c1-28-15-9-26-19(14-8-25-18-13(14)6-12(23)7-24-18)27-20(15)29(22(28)32)17-11-4-2-10(3-5-11)16(17)21(30)31/h6-11,16-17H,2-5H2,1H3,(H,24,25)(H,30,31)/t10?,11?,16-,17-/m1/s1. The SMILES string of the molecule is Cn1c(=O)n([C@@H]2C3CCC(CC3)[C@H]2C(=O)O)c2nc(-c3c[nH]c4ncc(Cl)cc34)ncc21. The number of rotatable bonds is 3. The van der Waals surface area contributed by atoms with Crippen LogP contribution in [0.5, 0.6) is 0 Å². The summed E-state index contributed by atoms with van der Waals surface area (Å²) in [5.41, 5.74) is 2.18. The topological polar surface area (TPSA) is 119 Å². The zero-order valence-corrected chi connectivity index (χ0v) is 18.1. The molecule has 2 bridgehead atoms. The van der Waals surface area contributed by atoms with Crippen LogP contribution in [-0.4, -0.2) is 40.1 Å². The molecule has 0 spiro atoms. The number of fused-ring (bicyclic) bond motifs is 5. The zero-order chi connectivity index (χ0) is 22.1. The van der Waals surface area contributed by atoms with E-state index in [1.807, 2.05) is 0 Å². The van der Waals surface area contributed by atoms with E-state index in [4.69, 9.17) is 16.6 Å². The highest BCUT2D eigenvalue weighted by Crippen LogP contribution is 2.51. The van der Waals surface area contributed by atoms with E-state index >= 15 is 0 Å². The number of nitrogens with zero attached hydrogens (tertiary/aromatic N) is 5. The van der Waals surface area contributed by atoms with Crippen LogP contribution in [0.2, 0.25) is 5.02 Å². The summed E-state index contributed by atoms with van der Waals surface area (Å²) in [6, 6.07) is 1.39. The maximum absolute atomic E-state index is 13.3. The van der Waals surface area contributed by atoms with Gasteiger partial charge in [-0.3, -0.25) is 13.9 Å². The van der Waals surface area contributed by atoms with Crippen molar-refractivity contribution in [3.8, 4) is 11.4 Å². The Hall–Kier alpha value is -3.20. The predicted octanol–water partition coefficient (Wildman–Crippen LogP) is 3.39. The molecule has 164 valence electrons. The number of hydrogen-bond acceptors (Lipinski definition) is 5. The first-order valence-corrected chi connectivity index (χ1v) is 11.1. The van der Waals surface area contributed by atoms with Gasteiger partial charge in [0.15, 0.2) is 11.5 Å². The van der Waals surface area contributed by atoms with Crippen molar-refractivity contribution in [2.45, 2.75) is 31.7 Å². The lowest BCUT2D eigenvalue weighted by Crippen LogP contribution is -2.47. The minimum Gasteiger partial charge on any atom is -0.481 e. The first-order chi connectivity index (χ1) is 15.4. The molecule has 0 radical (unpaired) electrons. The lowest BCUT2D eigenvalue weighted by Gasteiger charge is -2.46. The van der Waals surface area contributed by atoms with E-state index in [9.17, 15) is 14.7 Å². The van der Waals surface area contributed by atoms with E-state index in [2.05, 4.69) is 15.0 Å². The van der Waals surface area contributed by atoms with Crippen molar-refractivity contribution in [2.24, 2.45) is 24.8 Å². The van der Waals surface area contributed by atoms with Gasteiger partial charge in [-0.25, -0.2) is 19.7 Å². The fraction of sp³-hybridized carbons (Fsp3) is 0.409. The Balaban J connectivity index is 1.58. The number of aromatic amines is 1. The van der Waals surface area contributed by atoms with E-state index in [1.165, 1.54) is 4.57 Å². The number of aromatic nitrogens is 6. The van der Waals surface area contributed by atoms with Crippen LogP contribution in [0.15, 0.2) is 29.5 Å². The van der Waals surface area contributed by atoms with Crippen LogP contribution in [0.3, 0.4) is 0 Å². The second kappa shape index (κ2) is 6.90. The van der Waals surface area contributed by atoms with Crippen LogP contribution in [0.4, 0.5) is 0 Å². The van der Waals surface area contributed by atoms with Crippen molar-refractivity contribution in [2.75, 3.05) is 0 Å². The van der Waals surface area contributed by atoms with Gasteiger partial charge in [-0.2, -0.15) is 0 Å². The van der Waals surface area contributed by atoms with E-state index in [0.29, 0.717) is 27.7 Å². The van der Waals surface area contributed by atoms with E-state index in [1.54, 1.807) is 36.3 Å². The van der Waals surface area contributed by atoms with Gasteiger partial charge in [0.05, 0.1) is 23.2 Å². The van der Waals surface area contributed by atoms with Crippen molar-refractivity contribution in [1.82, 2.24) is 29.1 Å². The van der Waals surface area contributed by atoms with Crippen LogP contribution in [-0.2, 0) is 11.8 Å². The summed E-state index contributed by atoms with van der Waals surface area (Å²) in [6.45, 7) is 0. The van der Waals surface area contributed by atoms with Gasteiger partial charge >= 0.3 is 11.7 Å². The van der Waals surface area contributed by atoms with Crippen molar-refractivity contribution >= 4 is 39.8 Å². The monoisotopic (exact) mass is 452 g/mol. The van der Waals surface area contributed by atoms with Gasteiger partial charge in [0.25, 0.3) is 0 Å². The number of carbonyl (C=O) groups is 1. The summed E-state index contributed by atoms with van der Waals surface area (Å²) in [7, 11) is 1.68. The third kappa shape index (κ3) is 2.67. The van der Waals surface area contributed by atoms with Crippen molar-refractivity contribution < 1.29 is 9.90 Å². The number of nitrogens with one attached hydrogen (secondary N) is 1. The van der Waals surface area contributed by atoms with Gasteiger partial charge < -0.3 is 10.1 Å². The molecule has 32 heavy (non-hydrogen) atoms. The molecule has 4 heterocycles. The summed E-state index contributed by atoms with van der Waals surface area (Å²) in [5.74, 6) is -0.744. The van der Waals surface area contributed by atoms with Gasteiger partial charge in [0.2, 0.25) is 0 Å². The minimum absolute atomic E-state index is 0.0906. The van der Waals surface area contributed by atoms with Crippen molar-refractivity contribution in [1.29, 1.82) is 0 Å². The summed E-state index contributed by atoms with van der Waals surface area (Å²) in [6.07, 6.45) is 8.64. The zero-order valence-electron chi connectivity index (χ0n) is 17.3. The smallest absolute Gasteiger partial charge is 0.330 e. The third-order valence-electron chi connectivity index (χ3n) is 7.33. The molecule has 0 aromatic carbocycles. The highest BCUT2D eigenvalue weighted by Gasteiger charge is 2.49. The Morgan fingerprint density at radius 2 is 1.94 bits per heavy atom. The third-order valence-corrected chi connectivity index (χ3v) is 7.54. The molecular formula is C22H21ClN6O3. The fourth-order valence-electron chi connectivity index (χ4n) is 5.83. The Morgan fingerprint density at radius 1 is 1.19 bits per heavy atom. The molecule has 7 rings (SSSR count). The Labute approximate surface area is 187 Å². The van der Waals surface area contributed by atoms with Gasteiger partial charge in [-0.15, -0.1) is 0 Å². The molecule has 0 saturated heterocycles.